The Morgan fingerprint density at radius 2 is 1.69 bits per heavy atom. The largest absolute Gasteiger partial charge is 0.478 e. The van der Waals surface area contributed by atoms with Crippen molar-refractivity contribution in [3.8, 4) is 0 Å². The van der Waals surface area contributed by atoms with Crippen molar-refractivity contribution in [2.75, 3.05) is 11.4 Å². The number of carboxylic acid groups (broad SMARTS) is 1. The average molecular weight is 678 g/mol. The third-order valence-corrected chi connectivity index (χ3v) is 10.7. The summed E-state index contributed by atoms with van der Waals surface area (Å²) in [4.78, 5) is 39.5. The molecule has 3 heterocycles. The average Bonchev–Trinajstić information content (AvgIpc) is 3.09. The Bertz CT molecular complexity index is 1890. The molecule has 48 heavy (non-hydrogen) atoms. The van der Waals surface area contributed by atoms with Crippen molar-refractivity contribution in [3.63, 3.8) is 0 Å². The van der Waals surface area contributed by atoms with Crippen LogP contribution in [-0.4, -0.2) is 56.9 Å². The van der Waals surface area contributed by atoms with Gasteiger partial charge in [0.15, 0.2) is 5.82 Å². The van der Waals surface area contributed by atoms with E-state index in [0.29, 0.717) is 29.4 Å². The van der Waals surface area contributed by atoms with Gasteiger partial charge in [0.25, 0.3) is 5.91 Å². The highest BCUT2D eigenvalue weighted by Crippen LogP contribution is 2.41. The number of benzene rings is 2. The zero-order valence-electron chi connectivity index (χ0n) is 25.8. The third-order valence-electron chi connectivity index (χ3n) is 8.81. The SMILES string of the molecule is O=C(O)c1ccc(N(Cc2cnc(C3CCCCC3)cn2)C(=O)[C@]2(OCc3ccccc3)CCN2S(=O)(=O)c2cnc(F)c(F)c2)cc1. The predicted octanol–water partition coefficient (Wildman–Crippen LogP) is 5.44. The van der Waals surface area contributed by atoms with Gasteiger partial charge in [-0.25, -0.2) is 22.6 Å². The highest BCUT2D eigenvalue weighted by atomic mass is 32.2. The van der Waals surface area contributed by atoms with Crippen molar-refractivity contribution >= 4 is 27.6 Å². The molecule has 0 spiro atoms. The Morgan fingerprint density at radius 1 is 0.958 bits per heavy atom. The van der Waals surface area contributed by atoms with Gasteiger partial charge in [0.1, 0.15) is 4.90 Å². The Hall–Kier alpha value is -4.66. The molecule has 1 N–H and O–H groups in total. The number of carbonyl (C=O) groups excluding carboxylic acids is 1. The molecular formula is C34H33F2N5O6S. The first kappa shape index (κ1) is 33.2. The molecule has 0 bridgehead atoms. The number of ether oxygens (including phenoxy) is 1. The quantitative estimate of drug-likeness (QED) is 0.206. The summed E-state index contributed by atoms with van der Waals surface area (Å²) in [5.74, 6) is -4.58. The van der Waals surface area contributed by atoms with Gasteiger partial charge in [-0.3, -0.25) is 14.8 Å². The van der Waals surface area contributed by atoms with E-state index in [9.17, 15) is 31.9 Å². The minimum Gasteiger partial charge on any atom is -0.478 e. The Kier molecular flexibility index (Phi) is 9.58. The Labute approximate surface area is 276 Å². The van der Waals surface area contributed by atoms with E-state index in [2.05, 4.69) is 15.0 Å². The smallest absolute Gasteiger partial charge is 0.335 e. The first-order chi connectivity index (χ1) is 23.1. The number of hydrogen-bond acceptors (Lipinski definition) is 8. The molecule has 11 nitrogen and oxygen atoms in total. The molecule has 1 saturated carbocycles. The van der Waals surface area contributed by atoms with Crippen LogP contribution in [0, 0.1) is 11.8 Å². The van der Waals surface area contributed by atoms with Crippen molar-refractivity contribution < 1.29 is 36.6 Å². The molecule has 2 aromatic heterocycles. The van der Waals surface area contributed by atoms with Crippen LogP contribution in [0.4, 0.5) is 14.5 Å². The first-order valence-corrected chi connectivity index (χ1v) is 17.0. The molecule has 2 aliphatic rings. The van der Waals surface area contributed by atoms with E-state index < -0.39 is 44.3 Å². The molecule has 1 amide bonds. The van der Waals surface area contributed by atoms with Crippen LogP contribution in [0.3, 0.4) is 0 Å². The number of pyridine rings is 1. The van der Waals surface area contributed by atoms with Gasteiger partial charge >= 0.3 is 5.97 Å². The summed E-state index contributed by atoms with van der Waals surface area (Å²) in [5, 5.41) is 9.47. The number of amides is 1. The van der Waals surface area contributed by atoms with E-state index in [0.717, 1.165) is 35.7 Å². The molecule has 2 fully saturated rings. The van der Waals surface area contributed by atoms with E-state index in [1.54, 1.807) is 42.7 Å². The Balaban J connectivity index is 1.39. The number of nitrogens with zero attached hydrogens (tertiary/aromatic N) is 5. The van der Waals surface area contributed by atoms with Crippen LogP contribution in [0.5, 0.6) is 0 Å². The zero-order chi connectivity index (χ0) is 33.9. The third kappa shape index (κ3) is 6.68. The summed E-state index contributed by atoms with van der Waals surface area (Å²) >= 11 is 0. The number of carbonyl (C=O) groups is 2. The van der Waals surface area contributed by atoms with Crippen LogP contribution < -0.4 is 4.90 Å². The lowest BCUT2D eigenvalue weighted by atomic mass is 9.87. The molecular weight excluding hydrogens is 644 g/mol. The highest BCUT2D eigenvalue weighted by molar-refractivity contribution is 7.89. The van der Waals surface area contributed by atoms with Crippen LogP contribution >= 0.6 is 0 Å². The zero-order valence-corrected chi connectivity index (χ0v) is 26.7. The van der Waals surface area contributed by atoms with Gasteiger partial charge in [0, 0.05) is 36.8 Å². The molecule has 250 valence electrons. The van der Waals surface area contributed by atoms with Gasteiger partial charge in [0.2, 0.25) is 21.7 Å². The summed E-state index contributed by atoms with van der Waals surface area (Å²) in [6.45, 7) is -0.472. The molecule has 6 rings (SSSR count). The normalized spacial score (nSPS) is 18.6. The van der Waals surface area contributed by atoms with E-state index >= 15 is 0 Å². The van der Waals surface area contributed by atoms with Gasteiger partial charge in [-0.05, 0) is 42.7 Å². The molecule has 1 aliphatic carbocycles. The summed E-state index contributed by atoms with van der Waals surface area (Å²) in [7, 11) is -4.64. The maximum Gasteiger partial charge on any atom is 0.335 e. The minimum atomic E-state index is -4.64. The number of hydrogen-bond donors (Lipinski definition) is 1. The second-order valence-corrected chi connectivity index (χ2v) is 13.7. The number of sulfonamides is 1. The number of aromatic nitrogens is 3. The van der Waals surface area contributed by atoms with Gasteiger partial charge in [-0.15, -0.1) is 0 Å². The lowest BCUT2D eigenvalue weighted by Crippen LogP contribution is -2.70. The maximum absolute atomic E-state index is 14.8. The molecule has 0 unspecified atom stereocenters. The molecule has 2 aromatic carbocycles. The summed E-state index contributed by atoms with van der Waals surface area (Å²) in [6, 6.07) is 14.9. The summed E-state index contributed by atoms with van der Waals surface area (Å²) < 4.78 is 62.6. The summed E-state index contributed by atoms with van der Waals surface area (Å²) in [6.07, 6.45) is 9.36. The summed E-state index contributed by atoms with van der Waals surface area (Å²) in [5.41, 5.74) is 0.0507. The standard InChI is InChI=1S/C34H33F2N5O6S/c35-29-17-28(19-39-31(29)36)48(45,46)41-16-15-34(41,47-22-23-7-3-1-4-8-23)33(44)40(27-13-11-25(12-14-27)32(42)43)21-26-18-38-30(20-37-26)24-9-5-2-6-10-24/h1,3-4,7-8,11-14,17-20,24H,2,5-6,9-10,15-16,21-22H2,(H,42,43)/t34-/m1/s1. The number of anilines is 1. The number of aromatic carboxylic acids is 1. The van der Waals surface area contributed by atoms with Crippen LogP contribution in [0.2, 0.25) is 0 Å². The van der Waals surface area contributed by atoms with Gasteiger partial charge in [-0.1, -0.05) is 49.6 Å². The molecule has 1 aliphatic heterocycles. The lowest BCUT2D eigenvalue weighted by Gasteiger charge is -2.50. The fourth-order valence-corrected chi connectivity index (χ4v) is 7.72. The van der Waals surface area contributed by atoms with E-state index in [1.807, 2.05) is 0 Å². The topological polar surface area (TPSA) is 143 Å². The van der Waals surface area contributed by atoms with E-state index in [1.165, 1.54) is 35.6 Å². The molecule has 4 aromatic rings. The maximum atomic E-state index is 14.8. The second kappa shape index (κ2) is 13.8. The fourth-order valence-electron chi connectivity index (χ4n) is 6.08. The van der Waals surface area contributed by atoms with Crippen molar-refractivity contribution in [1.29, 1.82) is 0 Å². The Morgan fingerprint density at radius 3 is 2.29 bits per heavy atom. The predicted molar refractivity (Wildman–Crippen MR) is 169 cm³/mol. The fraction of sp³-hybridized carbons (Fsp3) is 0.324. The highest BCUT2D eigenvalue weighted by Gasteiger charge is 2.60. The number of carboxylic acids is 1. The number of halogens is 2. The van der Waals surface area contributed by atoms with Crippen LogP contribution in [-0.2, 0) is 32.7 Å². The van der Waals surface area contributed by atoms with Crippen molar-refractivity contribution in [1.82, 2.24) is 19.3 Å². The van der Waals surface area contributed by atoms with Gasteiger partial charge in [0.05, 0.1) is 42.5 Å². The first-order valence-electron chi connectivity index (χ1n) is 15.6. The van der Waals surface area contributed by atoms with Crippen LogP contribution in [0.25, 0.3) is 0 Å². The molecule has 0 radical (unpaired) electrons. The van der Waals surface area contributed by atoms with Gasteiger partial charge < -0.3 is 14.7 Å². The number of rotatable bonds is 11. The van der Waals surface area contributed by atoms with Crippen molar-refractivity contribution in [2.45, 2.75) is 68.2 Å². The molecule has 1 saturated heterocycles. The van der Waals surface area contributed by atoms with Gasteiger partial charge in [-0.2, -0.15) is 8.70 Å². The van der Waals surface area contributed by atoms with Crippen LogP contribution in [0.15, 0.2) is 84.1 Å². The second-order valence-electron chi connectivity index (χ2n) is 11.8. The van der Waals surface area contributed by atoms with Crippen molar-refractivity contribution in [2.24, 2.45) is 0 Å². The molecule has 14 heteroatoms. The lowest BCUT2D eigenvalue weighted by molar-refractivity contribution is -0.194. The van der Waals surface area contributed by atoms with E-state index in [4.69, 9.17) is 4.74 Å². The van der Waals surface area contributed by atoms with Crippen molar-refractivity contribution in [3.05, 3.63) is 114 Å². The van der Waals surface area contributed by atoms with E-state index in [-0.39, 0.29) is 37.4 Å². The van der Waals surface area contributed by atoms with Crippen LogP contribution in [0.1, 0.15) is 71.8 Å². The minimum absolute atomic E-state index is 0.0171. The monoisotopic (exact) mass is 677 g/mol. The molecule has 1 atom stereocenters.